The highest BCUT2D eigenvalue weighted by Crippen LogP contribution is 2.42. The molecule has 0 radical (unpaired) electrons. The van der Waals surface area contributed by atoms with Crippen LogP contribution in [0.5, 0.6) is 0 Å². The van der Waals surface area contributed by atoms with E-state index in [4.69, 9.17) is 4.42 Å². The zero-order valence-corrected chi connectivity index (χ0v) is 35.0. The minimum absolute atomic E-state index is 0. The summed E-state index contributed by atoms with van der Waals surface area (Å²) in [6, 6.07) is 60.8. The van der Waals surface area contributed by atoms with Gasteiger partial charge in [0.25, 0.3) is 0 Å². The van der Waals surface area contributed by atoms with Crippen LogP contribution in [0.15, 0.2) is 202 Å². The van der Waals surface area contributed by atoms with Gasteiger partial charge in [-0.3, -0.25) is 4.57 Å². The predicted molar refractivity (Wildman–Crippen MR) is 250 cm³/mol. The molecule has 10 aromatic rings. The molecule has 310 valence electrons. The molecule has 0 spiro atoms. The molecule has 1 aliphatic heterocycles. The second-order valence-corrected chi connectivity index (χ2v) is 16.0. The number of benzene rings is 7. The first kappa shape index (κ1) is 42.5. The van der Waals surface area contributed by atoms with E-state index in [-0.39, 0.29) is 7.43 Å². The Morgan fingerprint density at radius 3 is 1.52 bits per heavy atom. The molecule has 0 unspecified atom stereocenters. The van der Waals surface area contributed by atoms with Gasteiger partial charge in [0.15, 0.2) is 0 Å². The van der Waals surface area contributed by atoms with E-state index in [1.807, 2.05) is 146 Å². The van der Waals surface area contributed by atoms with E-state index in [0.29, 0.717) is 21.6 Å². The summed E-state index contributed by atoms with van der Waals surface area (Å²) in [5.41, 5.74) is 9.14. The number of nitrogens with zero attached hydrogens (tertiary/aromatic N) is 7. The van der Waals surface area contributed by atoms with Crippen LogP contribution in [0.4, 0.5) is 11.4 Å². The monoisotopic (exact) mass is 837 g/mol. The van der Waals surface area contributed by atoms with Crippen molar-refractivity contribution in [3.05, 3.63) is 200 Å². The number of aromatic nitrogens is 6. The Hall–Kier alpha value is -7.63. The normalized spacial score (nSPS) is 12.0. The van der Waals surface area contributed by atoms with Crippen molar-refractivity contribution in [3.8, 4) is 28.5 Å². The Bertz CT molecular complexity index is 3100. The van der Waals surface area contributed by atoms with Gasteiger partial charge in [-0.2, -0.15) is 0 Å². The van der Waals surface area contributed by atoms with Crippen molar-refractivity contribution in [2.45, 2.75) is 31.1 Å². The zero-order valence-electron chi connectivity index (χ0n) is 34.2. The van der Waals surface area contributed by atoms with Gasteiger partial charge >= 0.3 is 0 Å². The van der Waals surface area contributed by atoms with E-state index in [9.17, 15) is 8.42 Å². The topological polar surface area (TPSA) is 112 Å². The number of rotatable bonds is 3. The quantitative estimate of drug-likeness (QED) is 0.173. The van der Waals surface area contributed by atoms with Crippen LogP contribution in [0.3, 0.4) is 0 Å². The molecule has 0 saturated heterocycles. The van der Waals surface area contributed by atoms with Crippen molar-refractivity contribution in [1.29, 1.82) is 0 Å². The summed E-state index contributed by atoms with van der Waals surface area (Å²) in [4.78, 5) is 11.9. The maximum absolute atomic E-state index is 12.4. The number of hydrogen-bond acceptors (Lipinski definition) is 8. The van der Waals surface area contributed by atoms with Crippen LogP contribution in [-0.2, 0) is 16.9 Å². The first-order chi connectivity index (χ1) is 29.7. The van der Waals surface area contributed by atoms with Crippen LogP contribution < -0.4 is 4.90 Å². The second kappa shape index (κ2) is 18.7. The van der Waals surface area contributed by atoms with Crippen LogP contribution in [0.2, 0.25) is 0 Å². The van der Waals surface area contributed by atoms with Gasteiger partial charge in [-0.05, 0) is 79.7 Å². The molecule has 10 nitrogen and oxygen atoms in total. The van der Waals surface area contributed by atoms with Crippen LogP contribution in [-0.4, -0.2) is 44.8 Å². The van der Waals surface area contributed by atoms with Crippen LogP contribution in [0.1, 0.15) is 19.1 Å². The maximum Gasteiger partial charge on any atom is 0.247 e. The molecule has 0 bridgehead atoms. The second-order valence-electron chi connectivity index (χ2n) is 14.2. The smallest absolute Gasteiger partial charge is 0.247 e. The average Bonchev–Trinajstić information content (AvgIpc) is 4.01. The molecule has 3 aromatic heterocycles. The molecule has 0 saturated carbocycles. The van der Waals surface area contributed by atoms with Gasteiger partial charge in [-0.1, -0.05) is 123 Å². The highest BCUT2D eigenvalue weighted by atomic mass is 32.2. The van der Waals surface area contributed by atoms with E-state index in [1.54, 1.807) is 31.2 Å². The van der Waals surface area contributed by atoms with Crippen molar-refractivity contribution >= 4 is 43.3 Å². The lowest BCUT2D eigenvalue weighted by Crippen LogP contribution is -2.21. The molecule has 62 heavy (non-hydrogen) atoms. The Morgan fingerprint density at radius 2 is 0.968 bits per heavy atom. The predicted octanol–water partition coefficient (Wildman–Crippen LogP) is 11.9. The van der Waals surface area contributed by atoms with Crippen LogP contribution in [0, 0.1) is 13.8 Å². The highest BCUT2D eigenvalue weighted by Gasteiger charge is 2.31. The third kappa shape index (κ3) is 8.79. The molecule has 1 aliphatic rings. The Kier molecular flexibility index (Phi) is 12.8. The summed E-state index contributed by atoms with van der Waals surface area (Å²) in [5.74, 6) is 3.20. The molecule has 11 heteroatoms. The maximum atomic E-state index is 12.4. The van der Waals surface area contributed by atoms with E-state index in [1.165, 1.54) is 5.52 Å². The molecule has 0 fully saturated rings. The molecule has 0 atom stereocenters. The lowest BCUT2D eigenvalue weighted by atomic mass is 10.2. The summed E-state index contributed by atoms with van der Waals surface area (Å²) in [6.07, 6.45) is 0. The average molecular weight is 838 g/mol. The number of fused-ring (bicyclic) bond motifs is 4. The third-order valence-electron chi connectivity index (χ3n) is 10.1. The van der Waals surface area contributed by atoms with Crippen molar-refractivity contribution in [2.75, 3.05) is 11.9 Å². The van der Waals surface area contributed by atoms with Crippen LogP contribution in [0.25, 0.3) is 50.6 Å². The summed E-state index contributed by atoms with van der Waals surface area (Å²) in [6.45, 7) is 3.81. The van der Waals surface area contributed by atoms with Crippen molar-refractivity contribution in [3.63, 3.8) is 0 Å². The van der Waals surface area contributed by atoms with Crippen LogP contribution >= 0.6 is 0 Å². The minimum Gasteiger partial charge on any atom is -0.421 e. The van der Waals surface area contributed by atoms with E-state index in [0.717, 1.165) is 56.4 Å². The fraction of sp³-hybridized carbons (Fsp3) is 0.0980. The van der Waals surface area contributed by atoms with Crippen molar-refractivity contribution in [1.82, 2.24) is 29.3 Å². The molecule has 4 heterocycles. The standard InChI is InChI=1S/2C14H12N2.C13H11NO2S.C9H8N2O.CH4/c1-16-13-10-6-5-9-12(13)15-14(16)11-7-3-2-4-8-11;1-11-15-13-9-5-6-10-14(13)16(11)12-7-3-2-4-8-12;1-14-10-6-2-4-8-12(10)17(15,16)13-9-5-3-7-11(13)14;1-7-10-11-9(12-7)8-5-3-2-4-6-8;/h2*2-10H,1H3;2-9H,1H3;2-6H,1H3;1H4. The third-order valence-corrected chi connectivity index (χ3v) is 12.0. The van der Waals surface area contributed by atoms with Crippen molar-refractivity contribution < 1.29 is 12.8 Å². The number of imidazole rings is 2. The highest BCUT2D eigenvalue weighted by molar-refractivity contribution is 7.92. The van der Waals surface area contributed by atoms with Gasteiger partial charge in [-0.25, -0.2) is 18.4 Å². The zero-order chi connectivity index (χ0) is 42.3. The Labute approximate surface area is 362 Å². The van der Waals surface area contributed by atoms with Crippen molar-refractivity contribution in [2.24, 2.45) is 7.05 Å². The number of sulfone groups is 1. The van der Waals surface area contributed by atoms with Gasteiger partial charge in [0.05, 0.1) is 43.2 Å². The molecule has 0 aliphatic carbocycles. The SMILES string of the molecule is C.CN1c2ccccc2S(=O)(=O)c2ccccc21.Cc1nc2ccccc2n1-c1ccccc1.Cc1nnc(-c2ccccc2)o1.Cn1c(-c2ccccc2)nc2ccccc21. The largest absolute Gasteiger partial charge is 0.421 e. The summed E-state index contributed by atoms with van der Waals surface area (Å²) >= 11 is 0. The molecular formula is C51H47N7O3S. The van der Waals surface area contributed by atoms with Gasteiger partial charge in [-0.15, -0.1) is 10.2 Å². The van der Waals surface area contributed by atoms with E-state index in [2.05, 4.69) is 72.7 Å². The number of para-hydroxylation sites is 7. The number of hydrogen-bond donors (Lipinski definition) is 0. The van der Waals surface area contributed by atoms with E-state index < -0.39 is 9.84 Å². The summed E-state index contributed by atoms with van der Waals surface area (Å²) < 4.78 is 34.4. The number of aryl methyl sites for hydroxylation is 3. The molecule has 11 rings (SSSR count). The number of anilines is 2. The van der Waals surface area contributed by atoms with Gasteiger partial charge in [0.1, 0.15) is 11.6 Å². The Balaban J connectivity index is 0.000000125. The molecule has 7 aromatic carbocycles. The van der Waals surface area contributed by atoms with Gasteiger partial charge < -0.3 is 13.9 Å². The lowest BCUT2D eigenvalue weighted by Gasteiger charge is -2.29. The first-order valence-electron chi connectivity index (χ1n) is 19.7. The fourth-order valence-corrected chi connectivity index (χ4v) is 8.92. The lowest BCUT2D eigenvalue weighted by molar-refractivity contribution is 0.533. The molecular weight excluding hydrogens is 791 g/mol. The molecule has 0 amide bonds. The molecule has 0 N–H and O–H groups in total. The van der Waals surface area contributed by atoms with Gasteiger partial charge in [0, 0.05) is 37.8 Å². The fourth-order valence-electron chi connectivity index (χ4n) is 7.21. The summed E-state index contributed by atoms with van der Waals surface area (Å²) in [7, 11) is 0.559. The minimum atomic E-state index is -3.38. The first-order valence-corrected chi connectivity index (χ1v) is 21.2. The van der Waals surface area contributed by atoms with E-state index >= 15 is 0 Å². The van der Waals surface area contributed by atoms with Gasteiger partial charge in [0.2, 0.25) is 21.6 Å². The Morgan fingerprint density at radius 1 is 0.500 bits per heavy atom. The summed E-state index contributed by atoms with van der Waals surface area (Å²) in [5, 5.41) is 7.65.